The number of benzene rings is 2. The molecule has 1 aliphatic heterocycles. The molecule has 0 bridgehead atoms. The van der Waals surface area contributed by atoms with Crippen LogP contribution < -0.4 is 14.9 Å². The van der Waals surface area contributed by atoms with E-state index in [9.17, 15) is 15.0 Å². The molecule has 0 unspecified atom stereocenters. The monoisotopic (exact) mass is 300 g/mol. The number of phenolic OH excluding ortho intramolecular Hbond substituents is 2. The number of amides is 1. The second-order valence-electron chi connectivity index (χ2n) is 4.51. The third kappa shape index (κ3) is 2.78. The van der Waals surface area contributed by atoms with E-state index in [1.807, 2.05) is 0 Å². The van der Waals surface area contributed by atoms with Crippen LogP contribution in [0, 0.1) is 0 Å². The summed E-state index contributed by atoms with van der Waals surface area (Å²) < 4.78 is 10.4. The Kier molecular flexibility index (Phi) is 3.53. The highest BCUT2D eigenvalue weighted by atomic mass is 16.7. The van der Waals surface area contributed by atoms with Crippen molar-refractivity contribution in [3.63, 3.8) is 0 Å². The first-order valence-electron chi connectivity index (χ1n) is 6.38. The van der Waals surface area contributed by atoms with Gasteiger partial charge in [0.25, 0.3) is 5.91 Å². The van der Waals surface area contributed by atoms with Gasteiger partial charge in [-0.05, 0) is 35.9 Å². The third-order valence-electron chi connectivity index (χ3n) is 3.00. The number of hydrogen-bond acceptors (Lipinski definition) is 6. The number of rotatable bonds is 3. The van der Waals surface area contributed by atoms with Crippen molar-refractivity contribution in [3.05, 3.63) is 47.5 Å². The normalized spacial score (nSPS) is 12.5. The zero-order valence-electron chi connectivity index (χ0n) is 11.3. The van der Waals surface area contributed by atoms with Gasteiger partial charge in [0.15, 0.2) is 11.5 Å². The molecule has 3 N–H and O–H groups in total. The summed E-state index contributed by atoms with van der Waals surface area (Å²) in [5, 5.41) is 22.6. The molecule has 7 nitrogen and oxygen atoms in total. The maximum atomic E-state index is 11.8. The number of nitrogens with zero attached hydrogens (tertiary/aromatic N) is 1. The number of fused-ring (bicyclic) bond motifs is 1. The predicted molar refractivity (Wildman–Crippen MR) is 77.4 cm³/mol. The first-order chi connectivity index (χ1) is 10.6. The van der Waals surface area contributed by atoms with Crippen LogP contribution >= 0.6 is 0 Å². The van der Waals surface area contributed by atoms with Crippen molar-refractivity contribution in [2.45, 2.75) is 0 Å². The maximum Gasteiger partial charge on any atom is 0.275 e. The van der Waals surface area contributed by atoms with E-state index < -0.39 is 5.91 Å². The van der Waals surface area contributed by atoms with Crippen molar-refractivity contribution in [1.29, 1.82) is 0 Å². The summed E-state index contributed by atoms with van der Waals surface area (Å²) in [5.41, 5.74) is 3.03. The van der Waals surface area contributed by atoms with E-state index >= 15 is 0 Å². The molecule has 0 fully saturated rings. The Hall–Kier alpha value is -3.22. The first kappa shape index (κ1) is 13.7. The van der Waals surface area contributed by atoms with Gasteiger partial charge in [-0.15, -0.1) is 0 Å². The minimum absolute atomic E-state index is 0.0145. The van der Waals surface area contributed by atoms with Gasteiger partial charge in [-0.3, -0.25) is 4.79 Å². The van der Waals surface area contributed by atoms with Gasteiger partial charge in [-0.1, -0.05) is 0 Å². The van der Waals surface area contributed by atoms with Crippen LogP contribution in [0.1, 0.15) is 15.9 Å². The Morgan fingerprint density at radius 3 is 2.77 bits per heavy atom. The first-order valence-corrected chi connectivity index (χ1v) is 6.38. The quantitative estimate of drug-likeness (QED) is 0.590. The highest BCUT2D eigenvalue weighted by molar-refractivity contribution is 5.97. The molecule has 1 aliphatic rings. The molecule has 0 aromatic heterocycles. The molecule has 1 heterocycles. The summed E-state index contributed by atoms with van der Waals surface area (Å²) >= 11 is 0. The number of hydrazone groups is 1. The van der Waals surface area contributed by atoms with E-state index in [2.05, 4.69) is 10.5 Å². The number of phenols is 2. The molecular weight excluding hydrogens is 288 g/mol. The molecule has 0 atom stereocenters. The molecule has 7 heteroatoms. The number of ether oxygens (including phenoxy) is 2. The standard InChI is InChI=1S/C15H12N2O5/c18-10-2-3-11(12(19)6-10)15(20)17-16-7-9-1-4-13-14(5-9)22-8-21-13/h1-7,18-19H,8H2,(H,17,20). The molecule has 2 aromatic rings. The van der Waals surface area contributed by atoms with E-state index in [4.69, 9.17) is 9.47 Å². The number of hydrogen-bond donors (Lipinski definition) is 3. The highest BCUT2D eigenvalue weighted by Crippen LogP contribution is 2.31. The highest BCUT2D eigenvalue weighted by Gasteiger charge is 2.13. The van der Waals surface area contributed by atoms with Crippen molar-refractivity contribution in [2.24, 2.45) is 5.10 Å². The Morgan fingerprint density at radius 1 is 1.14 bits per heavy atom. The number of aromatic hydroxyl groups is 2. The molecule has 0 spiro atoms. The Morgan fingerprint density at radius 2 is 1.95 bits per heavy atom. The molecule has 0 saturated carbocycles. The molecule has 0 radical (unpaired) electrons. The van der Waals surface area contributed by atoms with E-state index in [1.54, 1.807) is 18.2 Å². The summed E-state index contributed by atoms with van der Waals surface area (Å²) in [5.74, 6) is 0.241. The van der Waals surface area contributed by atoms with Crippen LogP contribution in [0.15, 0.2) is 41.5 Å². The molecule has 2 aromatic carbocycles. The summed E-state index contributed by atoms with van der Waals surface area (Å²) in [4.78, 5) is 11.8. The second-order valence-corrected chi connectivity index (χ2v) is 4.51. The van der Waals surface area contributed by atoms with Crippen LogP contribution in [0.3, 0.4) is 0 Å². The van der Waals surface area contributed by atoms with Crippen LogP contribution in [0.4, 0.5) is 0 Å². The summed E-state index contributed by atoms with van der Waals surface area (Å²) in [6.07, 6.45) is 1.44. The average Bonchev–Trinajstić information content (AvgIpc) is 2.94. The van der Waals surface area contributed by atoms with Crippen LogP contribution in [0.5, 0.6) is 23.0 Å². The number of carbonyl (C=O) groups is 1. The Balaban J connectivity index is 1.68. The lowest BCUT2D eigenvalue weighted by molar-refractivity contribution is 0.0952. The molecule has 0 aliphatic carbocycles. The van der Waals surface area contributed by atoms with Gasteiger partial charge >= 0.3 is 0 Å². The van der Waals surface area contributed by atoms with Gasteiger partial charge in [0.05, 0.1) is 11.8 Å². The molecule has 3 rings (SSSR count). The molecule has 22 heavy (non-hydrogen) atoms. The topological polar surface area (TPSA) is 100 Å². The number of nitrogens with one attached hydrogen (secondary N) is 1. The van der Waals surface area contributed by atoms with Crippen molar-refractivity contribution < 1.29 is 24.5 Å². The maximum absolute atomic E-state index is 11.8. The van der Waals surface area contributed by atoms with Crippen LogP contribution in [0.25, 0.3) is 0 Å². The minimum Gasteiger partial charge on any atom is -0.508 e. The largest absolute Gasteiger partial charge is 0.508 e. The van der Waals surface area contributed by atoms with Gasteiger partial charge in [0.1, 0.15) is 11.5 Å². The Bertz CT molecular complexity index is 758. The van der Waals surface area contributed by atoms with Gasteiger partial charge in [-0.2, -0.15) is 5.10 Å². The van der Waals surface area contributed by atoms with E-state index in [0.29, 0.717) is 11.5 Å². The van der Waals surface area contributed by atoms with Crippen molar-refractivity contribution in [2.75, 3.05) is 6.79 Å². The van der Waals surface area contributed by atoms with E-state index in [0.717, 1.165) is 11.6 Å². The average molecular weight is 300 g/mol. The fraction of sp³-hybridized carbons (Fsp3) is 0.0667. The van der Waals surface area contributed by atoms with E-state index in [-0.39, 0.29) is 23.9 Å². The Labute approximate surface area is 125 Å². The summed E-state index contributed by atoms with van der Waals surface area (Å²) in [6, 6.07) is 8.93. The lowest BCUT2D eigenvalue weighted by Crippen LogP contribution is -2.17. The summed E-state index contributed by atoms with van der Waals surface area (Å²) in [6.45, 7) is 0.187. The predicted octanol–water partition coefficient (Wildman–Crippen LogP) is 1.59. The van der Waals surface area contributed by atoms with Crippen LogP contribution in [0.2, 0.25) is 0 Å². The smallest absolute Gasteiger partial charge is 0.275 e. The molecule has 112 valence electrons. The fourth-order valence-corrected chi connectivity index (χ4v) is 1.93. The van der Waals surface area contributed by atoms with Crippen LogP contribution in [-0.2, 0) is 0 Å². The van der Waals surface area contributed by atoms with Gasteiger partial charge < -0.3 is 19.7 Å². The number of carbonyl (C=O) groups excluding carboxylic acids is 1. The lowest BCUT2D eigenvalue weighted by atomic mass is 10.2. The zero-order chi connectivity index (χ0) is 15.5. The fourth-order valence-electron chi connectivity index (χ4n) is 1.93. The zero-order valence-corrected chi connectivity index (χ0v) is 11.3. The van der Waals surface area contributed by atoms with Crippen molar-refractivity contribution in [1.82, 2.24) is 5.43 Å². The SMILES string of the molecule is O=C(NN=Cc1ccc2c(c1)OCO2)c1ccc(O)cc1O. The van der Waals surface area contributed by atoms with E-state index in [1.165, 1.54) is 18.3 Å². The van der Waals surface area contributed by atoms with Gasteiger partial charge in [-0.25, -0.2) is 5.43 Å². The van der Waals surface area contributed by atoms with Gasteiger partial charge in [0, 0.05) is 6.07 Å². The molecule has 0 saturated heterocycles. The summed E-state index contributed by atoms with van der Waals surface area (Å²) in [7, 11) is 0. The van der Waals surface area contributed by atoms with Crippen molar-refractivity contribution in [3.8, 4) is 23.0 Å². The molecular formula is C15H12N2O5. The third-order valence-corrected chi connectivity index (χ3v) is 3.00. The van der Waals surface area contributed by atoms with Gasteiger partial charge in [0.2, 0.25) is 6.79 Å². The van der Waals surface area contributed by atoms with Crippen molar-refractivity contribution >= 4 is 12.1 Å². The second kappa shape index (κ2) is 5.65. The molecule has 1 amide bonds. The minimum atomic E-state index is -0.588. The lowest BCUT2D eigenvalue weighted by Gasteiger charge is -2.03. The van der Waals surface area contributed by atoms with Crippen LogP contribution in [-0.4, -0.2) is 29.1 Å².